The van der Waals surface area contributed by atoms with Gasteiger partial charge < -0.3 is 15.0 Å². The third kappa shape index (κ3) is 4.67. The summed E-state index contributed by atoms with van der Waals surface area (Å²) >= 11 is 0. The molecule has 0 spiro atoms. The lowest BCUT2D eigenvalue weighted by Crippen LogP contribution is -2.51. The number of nitrogens with zero attached hydrogens (tertiary/aromatic N) is 2. The van der Waals surface area contributed by atoms with Gasteiger partial charge >= 0.3 is 5.97 Å². The first-order valence-corrected chi connectivity index (χ1v) is 6.68. The van der Waals surface area contributed by atoms with Crippen LogP contribution in [0.5, 0.6) is 0 Å². The van der Waals surface area contributed by atoms with E-state index in [0.717, 1.165) is 18.7 Å². The summed E-state index contributed by atoms with van der Waals surface area (Å²) in [6, 6.07) is 0. The molecule has 0 aromatic carbocycles. The average Bonchev–Trinajstić information content (AvgIpc) is 2.63. The van der Waals surface area contributed by atoms with E-state index in [1.165, 1.54) is 0 Å². The van der Waals surface area contributed by atoms with E-state index in [1.54, 1.807) is 13.1 Å². The van der Waals surface area contributed by atoms with Gasteiger partial charge in [-0.25, -0.2) is 9.78 Å². The molecule has 19 heavy (non-hydrogen) atoms. The van der Waals surface area contributed by atoms with Crippen LogP contribution < -0.4 is 5.73 Å². The number of aryl methyl sites for hydroxylation is 1. The van der Waals surface area contributed by atoms with E-state index < -0.39 is 17.1 Å². The van der Waals surface area contributed by atoms with Gasteiger partial charge in [0, 0.05) is 18.8 Å². The van der Waals surface area contributed by atoms with Crippen molar-refractivity contribution in [2.75, 3.05) is 0 Å². The van der Waals surface area contributed by atoms with E-state index in [4.69, 9.17) is 10.5 Å². The van der Waals surface area contributed by atoms with Gasteiger partial charge in [-0.2, -0.15) is 0 Å². The zero-order chi connectivity index (χ0) is 14.7. The second-order valence-electron chi connectivity index (χ2n) is 6.14. The van der Waals surface area contributed by atoms with Crippen molar-refractivity contribution in [3.63, 3.8) is 0 Å². The molecule has 2 N–H and O–H groups in total. The van der Waals surface area contributed by atoms with Crippen molar-refractivity contribution in [1.82, 2.24) is 9.55 Å². The van der Waals surface area contributed by atoms with Gasteiger partial charge in [0.2, 0.25) is 0 Å². The lowest BCUT2D eigenvalue weighted by Gasteiger charge is -2.29. The lowest BCUT2D eigenvalue weighted by molar-refractivity contribution is -0.161. The Balaban J connectivity index is 2.78. The molecule has 0 saturated heterocycles. The molecule has 0 radical (unpaired) electrons. The molecule has 0 aliphatic rings. The number of ether oxygens (including phenoxy) is 1. The first-order valence-electron chi connectivity index (χ1n) is 6.68. The first-order chi connectivity index (χ1) is 8.65. The van der Waals surface area contributed by atoms with Crippen LogP contribution >= 0.6 is 0 Å². The van der Waals surface area contributed by atoms with Crippen LogP contribution in [0.15, 0.2) is 12.4 Å². The standard InChI is InChI=1S/C14H25N3O2/c1-6-7-11-16-8-9-17(11)10-14(5,15)12(18)19-13(2,3)4/h8-9H,6-7,10,15H2,1-5H3. The highest BCUT2D eigenvalue weighted by Crippen LogP contribution is 2.15. The minimum atomic E-state index is -1.06. The maximum Gasteiger partial charge on any atom is 0.328 e. The molecule has 1 aromatic rings. The van der Waals surface area contributed by atoms with Gasteiger partial charge in [0.05, 0.1) is 6.54 Å². The Morgan fingerprint density at radius 1 is 1.42 bits per heavy atom. The Hall–Kier alpha value is -1.36. The normalized spacial score (nSPS) is 15.1. The third-order valence-corrected chi connectivity index (χ3v) is 2.64. The molecule has 5 nitrogen and oxygen atoms in total. The van der Waals surface area contributed by atoms with Crippen LogP contribution in [-0.4, -0.2) is 26.7 Å². The Bertz CT molecular complexity index is 430. The number of carbonyl (C=O) groups is 1. The van der Waals surface area contributed by atoms with Gasteiger partial charge in [-0.05, 0) is 34.1 Å². The lowest BCUT2D eigenvalue weighted by atomic mass is 10.0. The van der Waals surface area contributed by atoms with Crippen molar-refractivity contribution in [2.45, 2.75) is 65.1 Å². The fraction of sp³-hybridized carbons (Fsp3) is 0.714. The highest BCUT2D eigenvalue weighted by atomic mass is 16.6. The molecule has 0 aliphatic carbocycles. The summed E-state index contributed by atoms with van der Waals surface area (Å²) in [5, 5.41) is 0. The number of aromatic nitrogens is 2. The Kier molecular flexibility index (Phi) is 4.74. The summed E-state index contributed by atoms with van der Waals surface area (Å²) in [5.74, 6) is 0.555. The van der Waals surface area contributed by atoms with Crippen LogP contribution in [0.3, 0.4) is 0 Å². The Morgan fingerprint density at radius 3 is 2.58 bits per heavy atom. The average molecular weight is 267 g/mol. The molecule has 1 aromatic heterocycles. The van der Waals surface area contributed by atoms with E-state index in [2.05, 4.69) is 11.9 Å². The Morgan fingerprint density at radius 2 is 2.05 bits per heavy atom. The minimum absolute atomic E-state index is 0.372. The van der Waals surface area contributed by atoms with Crippen molar-refractivity contribution >= 4 is 5.97 Å². The molecule has 1 atom stereocenters. The van der Waals surface area contributed by atoms with Gasteiger partial charge in [0.25, 0.3) is 0 Å². The third-order valence-electron chi connectivity index (χ3n) is 2.64. The first kappa shape index (κ1) is 15.7. The largest absolute Gasteiger partial charge is 0.459 e. The minimum Gasteiger partial charge on any atom is -0.459 e. The number of carbonyl (C=O) groups excluding carboxylic acids is 1. The molecule has 1 unspecified atom stereocenters. The zero-order valence-corrected chi connectivity index (χ0v) is 12.6. The van der Waals surface area contributed by atoms with Gasteiger partial charge in [-0.1, -0.05) is 6.92 Å². The number of esters is 1. The fourth-order valence-electron chi connectivity index (χ4n) is 1.75. The van der Waals surface area contributed by atoms with Crippen LogP contribution in [0, 0.1) is 0 Å². The van der Waals surface area contributed by atoms with Crippen LogP contribution in [-0.2, 0) is 22.5 Å². The van der Waals surface area contributed by atoms with Crippen molar-refractivity contribution < 1.29 is 9.53 Å². The molecule has 0 saturated carbocycles. The fourth-order valence-corrected chi connectivity index (χ4v) is 1.75. The zero-order valence-electron chi connectivity index (χ0n) is 12.6. The summed E-state index contributed by atoms with van der Waals surface area (Å²) in [6.07, 6.45) is 5.46. The second kappa shape index (κ2) is 5.74. The second-order valence-corrected chi connectivity index (χ2v) is 6.14. The molecule has 0 amide bonds. The molecule has 0 fully saturated rings. The van der Waals surface area contributed by atoms with Crippen molar-refractivity contribution in [3.8, 4) is 0 Å². The number of rotatable bonds is 5. The molecule has 0 bridgehead atoms. The van der Waals surface area contributed by atoms with Gasteiger partial charge in [-0.3, -0.25) is 0 Å². The van der Waals surface area contributed by atoms with Gasteiger partial charge in [-0.15, -0.1) is 0 Å². The number of nitrogens with two attached hydrogens (primary N) is 1. The highest BCUT2D eigenvalue weighted by Gasteiger charge is 2.34. The maximum atomic E-state index is 12.1. The van der Waals surface area contributed by atoms with Crippen LogP contribution in [0.1, 0.15) is 46.9 Å². The number of hydrogen-bond acceptors (Lipinski definition) is 4. The summed E-state index contributed by atoms with van der Waals surface area (Å²) in [5.41, 5.74) is 4.51. The van der Waals surface area contributed by atoms with Crippen molar-refractivity contribution in [3.05, 3.63) is 18.2 Å². The molecular formula is C14H25N3O2. The highest BCUT2D eigenvalue weighted by molar-refractivity contribution is 5.80. The van der Waals surface area contributed by atoms with Gasteiger partial charge in [0.1, 0.15) is 17.0 Å². The molecular weight excluding hydrogens is 242 g/mol. The van der Waals surface area contributed by atoms with E-state index in [0.29, 0.717) is 6.54 Å². The monoisotopic (exact) mass is 267 g/mol. The van der Waals surface area contributed by atoms with Crippen LogP contribution in [0.2, 0.25) is 0 Å². The number of hydrogen-bond donors (Lipinski definition) is 1. The molecule has 1 heterocycles. The molecule has 5 heteroatoms. The maximum absolute atomic E-state index is 12.1. The van der Waals surface area contributed by atoms with Crippen molar-refractivity contribution in [1.29, 1.82) is 0 Å². The van der Waals surface area contributed by atoms with Crippen LogP contribution in [0.25, 0.3) is 0 Å². The van der Waals surface area contributed by atoms with E-state index >= 15 is 0 Å². The summed E-state index contributed by atoms with van der Waals surface area (Å²) < 4.78 is 7.28. The molecule has 108 valence electrons. The molecule has 1 rings (SSSR count). The van der Waals surface area contributed by atoms with Crippen LogP contribution in [0.4, 0.5) is 0 Å². The smallest absolute Gasteiger partial charge is 0.328 e. The van der Waals surface area contributed by atoms with E-state index in [9.17, 15) is 4.79 Å². The Labute approximate surface area is 115 Å². The predicted octanol–water partition coefficient (Wildman–Crippen LogP) is 1.89. The molecule has 0 aliphatic heterocycles. The van der Waals surface area contributed by atoms with Crippen molar-refractivity contribution in [2.24, 2.45) is 5.73 Å². The summed E-state index contributed by atoms with van der Waals surface area (Å²) in [6.45, 7) is 9.66. The van der Waals surface area contributed by atoms with E-state index in [-0.39, 0.29) is 0 Å². The summed E-state index contributed by atoms with van der Waals surface area (Å²) in [4.78, 5) is 16.4. The number of imidazole rings is 1. The topological polar surface area (TPSA) is 70.1 Å². The SMILES string of the molecule is CCCc1nccn1CC(C)(N)C(=O)OC(C)(C)C. The van der Waals surface area contributed by atoms with E-state index in [1.807, 2.05) is 31.5 Å². The summed E-state index contributed by atoms with van der Waals surface area (Å²) in [7, 11) is 0. The van der Waals surface area contributed by atoms with Gasteiger partial charge in [0.15, 0.2) is 0 Å². The quantitative estimate of drug-likeness (QED) is 0.827. The predicted molar refractivity (Wildman–Crippen MR) is 74.7 cm³/mol.